The summed E-state index contributed by atoms with van der Waals surface area (Å²) in [5, 5.41) is 14.8. The van der Waals surface area contributed by atoms with Gasteiger partial charge in [-0.2, -0.15) is 0 Å². The molecule has 130 valence electrons. The molecule has 1 atom stereocenters. The Kier molecular flexibility index (Phi) is 5.72. The third kappa shape index (κ3) is 5.07. The molecule has 2 N–H and O–H groups in total. The highest BCUT2D eigenvalue weighted by Gasteiger charge is 2.17. The van der Waals surface area contributed by atoms with Crippen molar-refractivity contribution in [2.24, 2.45) is 0 Å². The highest BCUT2D eigenvalue weighted by Crippen LogP contribution is 2.30. The Bertz CT molecular complexity index is 833. The lowest BCUT2D eigenvalue weighted by molar-refractivity contribution is -0.120. The molecule has 0 radical (unpaired) electrons. The number of furan rings is 1. The molecule has 0 unspecified atom stereocenters. The minimum absolute atomic E-state index is 0.0650. The first-order valence-corrected chi connectivity index (χ1v) is 9.44. The quantitative estimate of drug-likeness (QED) is 0.609. The number of hydrogen-bond acceptors (Lipinski definition) is 7. The molecule has 0 aliphatic carbocycles. The molecule has 0 aliphatic rings. The molecule has 0 spiro atoms. The summed E-state index contributed by atoms with van der Waals surface area (Å²) in [6.07, 6.45) is 1.59. The standard InChI is InChI=1S/C17H18N4O2S2/c1-11-5-3-6-13(9-11)19-16-20-21-17(25-16)24-12(2)15(22)18-10-14-7-4-8-23-14/h3-9,12H,10H2,1-2H3,(H,18,22)(H,19,20)/t12-/m1/s1. The molecule has 6 nitrogen and oxygen atoms in total. The second kappa shape index (κ2) is 8.17. The van der Waals surface area contributed by atoms with Gasteiger partial charge >= 0.3 is 0 Å². The van der Waals surface area contributed by atoms with Gasteiger partial charge in [-0.25, -0.2) is 0 Å². The largest absolute Gasteiger partial charge is 0.467 e. The van der Waals surface area contributed by atoms with Gasteiger partial charge in [0, 0.05) is 5.69 Å². The Balaban J connectivity index is 1.52. The van der Waals surface area contributed by atoms with Crippen LogP contribution in [0.25, 0.3) is 0 Å². The first-order chi connectivity index (χ1) is 12.1. The third-order valence-corrected chi connectivity index (χ3v) is 5.36. The maximum Gasteiger partial charge on any atom is 0.233 e. The van der Waals surface area contributed by atoms with Crippen molar-refractivity contribution in [1.82, 2.24) is 15.5 Å². The van der Waals surface area contributed by atoms with Crippen molar-refractivity contribution in [3.05, 3.63) is 54.0 Å². The maximum atomic E-state index is 12.1. The van der Waals surface area contributed by atoms with Crippen LogP contribution in [0.5, 0.6) is 0 Å². The Morgan fingerprint density at radius 3 is 2.96 bits per heavy atom. The summed E-state index contributed by atoms with van der Waals surface area (Å²) in [6.45, 7) is 4.26. The lowest BCUT2D eigenvalue weighted by Crippen LogP contribution is -2.30. The van der Waals surface area contributed by atoms with Crippen molar-refractivity contribution in [3.63, 3.8) is 0 Å². The molecule has 3 aromatic rings. The van der Waals surface area contributed by atoms with E-state index < -0.39 is 0 Å². The fourth-order valence-electron chi connectivity index (χ4n) is 2.09. The molecule has 2 aromatic heterocycles. The average molecular weight is 374 g/mol. The van der Waals surface area contributed by atoms with E-state index >= 15 is 0 Å². The summed E-state index contributed by atoms with van der Waals surface area (Å²) in [4.78, 5) is 12.1. The normalized spacial score (nSPS) is 11.9. The summed E-state index contributed by atoms with van der Waals surface area (Å²) in [5.74, 6) is 0.663. The SMILES string of the molecule is Cc1cccc(Nc2nnc(S[C@H](C)C(=O)NCc3ccco3)s2)c1. The van der Waals surface area contributed by atoms with Crippen LogP contribution >= 0.6 is 23.1 Å². The molecule has 0 saturated heterocycles. The van der Waals surface area contributed by atoms with Crippen molar-refractivity contribution in [2.75, 3.05) is 5.32 Å². The second-order valence-corrected chi connectivity index (χ2v) is 7.99. The van der Waals surface area contributed by atoms with Gasteiger partial charge in [-0.15, -0.1) is 10.2 Å². The molecule has 0 fully saturated rings. The molecule has 25 heavy (non-hydrogen) atoms. The maximum absolute atomic E-state index is 12.1. The van der Waals surface area contributed by atoms with Crippen LogP contribution in [0.2, 0.25) is 0 Å². The number of anilines is 2. The lowest BCUT2D eigenvalue weighted by atomic mass is 10.2. The monoisotopic (exact) mass is 374 g/mol. The molecular weight excluding hydrogens is 356 g/mol. The van der Waals surface area contributed by atoms with E-state index in [9.17, 15) is 4.79 Å². The Labute approximate surface area is 154 Å². The van der Waals surface area contributed by atoms with Crippen molar-refractivity contribution >= 4 is 39.8 Å². The van der Waals surface area contributed by atoms with E-state index in [-0.39, 0.29) is 11.2 Å². The topological polar surface area (TPSA) is 80.0 Å². The number of amides is 1. The van der Waals surface area contributed by atoms with Crippen LogP contribution in [0, 0.1) is 6.92 Å². The van der Waals surface area contributed by atoms with Gasteiger partial charge in [-0.05, 0) is 43.7 Å². The zero-order chi connectivity index (χ0) is 17.6. The van der Waals surface area contributed by atoms with E-state index in [2.05, 4.69) is 20.8 Å². The summed E-state index contributed by atoms with van der Waals surface area (Å²) in [5.41, 5.74) is 2.14. The third-order valence-electron chi connectivity index (χ3n) is 3.34. The van der Waals surface area contributed by atoms with Crippen LogP contribution in [0.15, 0.2) is 51.4 Å². The van der Waals surface area contributed by atoms with Crippen LogP contribution in [0.1, 0.15) is 18.2 Å². The van der Waals surface area contributed by atoms with Gasteiger partial charge in [-0.3, -0.25) is 4.79 Å². The van der Waals surface area contributed by atoms with Gasteiger partial charge in [0.05, 0.1) is 18.1 Å². The Hall–Kier alpha value is -2.32. The smallest absolute Gasteiger partial charge is 0.233 e. The highest BCUT2D eigenvalue weighted by atomic mass is 32.2. The molecule has 8 heteroatoms. The molecule has 1 amide bonds. The van der Waals surface area contributed by atoms with Gasteiger partial charge < -0.3 is 15.1 Å². The number of nitrogens with zero attached hydrogens (tertiary/aromatic N) is 2. The number of benzene rings is 1. The molecule has 3 rings (SSSR count). The van der Waals surface area contributed by atoms with E-state index in [1.807, 2.05) is 44.2 Å². The molecule has 1 aromatic carbocycles. The van der Waals surface area contributed by atoms with Crippen LogP contribution < -0.4 is 10.6 Å². The molecule has 0 bridgehead atoms. The zero-order valence-electron chi connectivity index (χ0n) is 13.9. The first-order valence-electron chi connectivity index (χ1n) is 7.74. The van der Waals surface area contributed by atoms with Crippen LogP contribution in [-0.2, 0) is 11.3 Å². The number of aryl methyl sites for hydroxylation is 1. The molecule has 0 aliphatic heterocycles. The van der Waals surface area contributed by atoms with Gasteiger partial charge in [0.1, 0.15) is 5.76 Å². The average Bonchev–Trinajstić information content (AvgIpc) is 3.24. The number of nitrogens with one attached hydrogen (secondary N) is 2. The van der Waals surface area contributed by atoms with Gasteiger partial charge in [-0.1, -0.05) is 35.2 Å². The number of aromatic nitrogens is 2. The summed E-state index contributed by atoms with van der Waals surface area (Å²) >= 11 is 2.81. The van der Waals surface area contributed by atoms with E-state index in [0.29, 0.717) is 11.7 Å². The molecule has 2 heterocycles. The Morgan fingerprint density at radius 1 is 1.32 bits per heavy atom. The number of hydrogen-bond donors (Lipinski definition) is 2. The van der Waals surface area contributed by atoms with E-state index in [0.717, 1.165) is 15.8 Å². The number of rotatable bonds is 7. The number of carbonyl (C=O) groups excluding carboxylic acids is 1. The van der Waals surface area contributed by atoms with Crippen LogP contribution in [0.3, 0.4) is 0 Å². The number of thioether (sulfide) groups is 1. The van der Waals surface area contributed by atoms with Gasteiger partial charge in [0.25, 0.3) is 0 Å². The van der Waals surface area contributed by atoms with Gasteiger partial charge in [0.15, 0.2) is 4.34 Å². The van der Waals surface area contributed by atoms with Crippen molar-refractivity contribution in [3.8, 4) is 0 Å². The molecule has 0 saturated carbocycles. The van der Waals surface area contributed by atoms with E-state index in [4.69, 9.17) is 4.42 Å². The number of carbonyl (C=O) groups is 1. The van der Waals surface area contributed by atoms with Crippen molar-refractivity contribution in [1.29, 1.82) is 0 Å². The predicted molar refractivity (Wildman–Crippen MR) is 100 cm³/mol. The van der Waals surface area contributed by atoms with Crippen LogP contribution in [0.4, 0.5) is 10.8 Å². The van der Waals surface area contributed by atoms with E-state index in [1.54, 1.807) is 12.3 Å². The van der Waals surface area contributed by atoms with Gasteiger partial charge in [0.2, 0.25) is 11.0 Å². The minimum Gasteiger partial charge on any atom is -0.467 e. The summed E-state index contributed by atoms with van der Waals surface area (Å²) < 4.78 is 5.95. The van der Waals surface area contributed by atoms with Crippen molar-refractivity contribution in [2.45, 2.75) is 30.0 Å². The summed E-state index contributed by atoms with van der Waals surface area (Å²) in [7, 11) is 0. The lowest BCUT2D eigenvalue weighted by Gasteiger charge is -2.08. The van der Waals surface area contributed by atoms with E-state index in [1.165, 1.54) is 28.7 Å². The van der Waals surface area contributed by atoms with Crippen LogP contribution in [-0.4, -0.2) is 21.4 Å². The zero-order valence-corrected chi connectivity index (χ0v) is 15.5. The fraction of sp³-hybridized carbons (Fsp3) is 0.235. The summed E-state index contributed by atoms with van der Waals surface area (Å²) in [6, 6.07) is 11.7. The second-order valence-electron chi connectivity index (χ2n) is 5.42. The predicted octanol–water partition coefficient (Wildman–Crippen LogP) is 3.98. The van der Waals surface area contributed by atoms with Crippen molar-refractivity contribution < 1.29 is 9.21 Å². The highest BCUT2D eigenvalue weighted by molar-refractivity contribution is 8.02. The first kappa shape index (κ1) is 17.5. The minimum atomic E-state index is -0.269. The molecular formula is C17H18N4O2S2. The Morgan fingerprint density at radius 2 is 2.20 bits per heavy atom. The fourth-order valence-corrected chi connectivity index (χ4v) is 4.03.